The van der Waals surface area contributed by atoms with Gasteiger partial charge in [-0.1, -0.05) is 84.8 Å². The highest BCUT2D eigenvalue weighted by Gasteiger charge is 2.10. The molecule has 3 nitrogen and oxygen atoms in total. The fourth-order valence-electron chi connectivity index (χ4n) is 2.99. The number of benzene rings is 4. The molecular formula is C25H16ClN3. The Balaban J connectivity index is 1.78. The van der Waals surface area contributed by atoms with E-state index in [1.165, 1.54) is 6.07 Å². The molecule has 0 aliphatic heterocycles. The average Bonchev–Trinajstić information content (AvgIpc) is 2.85. The second kappa shape index (κ2) is 7.46. The van der Waals surface area contributed by atoms with Gasteiger partial charge >= 0.3 is 0 Å². The summed E-state index contributed by atoms with van der Waals surface area (Å²) in [7, 11) is 0. The summed E-state index contributed by atoms with van der Waals surface area (Å²) in [6, 6.07) is 18.8. The smallest absolute Gasteiger partial charge is 0.208 e. The van der Waals surface area contributed by atoms with E-state index in [9.17, 15) is 0 Å². The molecule has 29 heavy (non-hydrogen) atoms. The molecule has 138 valence electrons. The summed E-state index contributed by atoms with van der Waals surface area (Å²) in [5, 5.41) is 0.281. The largest absolute Gasteiger partial charge is 0.226 e. The normalized spacial score (nSPS) is 13.3. The minimum atomic E-state index is -0.235. The van der Waals surface area contributed by atoms with Gasteiger partial charge in [-0.3, -0.25) is 0 Å². The van der Waals surface area contributed by atoms with Gasteiger partial charge < -0.3 is 0 Å². The summed E-state index contributed by atoms with van der Waals surface area (Å²) in [6.07, 6.45) is 0. The Hall–Kier alpha value is -3.56. The summed E-state index contributed by atoms with van der Waals surface area (Å²) >= 11 is 6.16. The molecule has 1 aromatic heterocycles. The Morgan fingerprint density at radius 3 is 1.90 bits per heavy atom. The summed E-state index contributed by atoms with van der Waals surface area (Å²) in [6.45, 7) is 0. The molecule has 0 aliphatic carbocycles. The zero-order chi connectivity index (χ0) is 24.0. The molecule has 0 spiro atoms. The van der Waals surface area contributed by atoms with Gasteiger partial charge in [0.1, 0.15) is 0 Å². The lowest BCUT2D eigenvalue weighted by molar-refractivity contribution is 1.07. The molecule has 4 heteroatoms. The Labute approximate surface area is 180 Å². The van der Waals surface area contributed by atoms with Crippen molar-refractivity contribution in [3.8, 4) is 33.9 Å². The van der Waals surface area contributed by atoms with Crippen molar-refractivity contribution >= 4 is 22.4 Å². The van der Waals surface area contributed by atoms with Crippen LogP contribution in [0.2, 0.25) is 5.28 Å². The molecule has 0 radical (unpaired) electrons. The van der Waals surface area contributed by atoms with Gasteiger partial charge in [0.25, 0.3) is 0 Å². The second-order valence-electron chi connectivity index (χ2n) is 6.33. The molecule has 5 rings (SSSR count). The highest BCUT2D eigenvalue weighted by atomic mass is 35.5. The molecule has 0 N–H and O–H groups in total. The van der Waals surface area contributed by atoms with Crippen LogP contribution in [-0.2, 0) is 0 Å². The molecule has 4 aromatic carbocycles. The van der Waals surface area contributed by atoms with Crippen molar-refractivity contribution in [1.29, 1.82) is 0 Å². The van der Waals surface area contributed by atoms with Crippen molar-refractivity contribution in [2.45, 2.75) is 0 Å². The van der Waals surface area contributed by atoms with E-state index in [2.05, 4.69) is 15.0 Å². The van der Waals surface area contributed by atoms with E-state index in [1.54, 1.807) is 24.3 Å². The molecule has 0 atom stereocenters. The molecular weight excluding hydrogens is 378 g/mol. The predicted molar refractivity (Wildman–Crippen MR) is 119 cm³/mol. The van der Waals surface area contributed by atoms with Crippen LogP contribution in [0.25, 0.3) is 44.7 Å². The van der Waals surface area contributed by atoms with Gasteiger partial charge in [0.2, 0.25) is 5.28 Å². The number of hydrogen-bond donors (Lipinski definition) is 0. The lowest BCUT2D eigenvalue weighted by atomic mass is 10.00. The van der Waals surface area contributed by atoms with Gasteiger partial charge in [-0.25, -0.2) is 4.98 Å². The van der Waals surface area contributed by atoms with Crippen LogP contribution in [0.5, 0.6) is 0 Å². The van der Waals surface area contributed by atoms with E-state index >= 15 is 0 Å². The SMILES string of the molecule is [2H]c1c(-c2ccccc2)c([2H])c2c([2H])c([2H])c(-c3nc(Cl)nc(-c4ccccc4)n3)cc2c1[2H]. The van der Waals surface area contributed by atoms with Gasteiger partial charge in [-0.2, -0.15) is 9.97 Å². The fourth-order valence-corrected chi connectivity index (χ4v) is 3.15. The molecule has 0 unspecified atom stereocenters. The van der Waals surface area contributed by atoms with Gasteiger partial charge in [-0.05, 0) is 45.6 Å². The standard InChI is InChI=1S/C25H16ClN3/c26-25-28-23(18-9-5-2-6-10-18)27-24(29-25)22-14-13-20-15-19(11-12-21(20)16-22)17-7-3-1-4-8-17/h1-16H/i11D,12D,13D,14D,15D. The van der Waals surface area contributed by atoms with Crippen LogP contribution in [0.4, 0.5) is 0 Å². The van der Waals surface area contributed by atoms with E-state index in [4.69, 9.17) is 18.5 Å². The van der Waals surface area contributed by atoms with Crippen LogP contribution in [0.15, 0.2) is 96.9 Å². The minimum absolute atomic E-state index is 0.0640. The van der Waals surface area contributed by atoms with Crippen LogP contribution in [0.3, 0.4) is 0 Å². The number of nitrogens with zero attached hydrogens (tertiary/aromatic N) is 3. The Morgan fingerprint density at radius 1 is 0.586 bits per heavy atom. The van der Waals surface area contributed by atoms with E-state index in [0.717, 1.165) is 0 Å². The number of fused-ring (bicyclic) bond motifs is 1. The highest BCUT2D eigenvalue weighted by Crippen LogP contribution is 2.28. The Kier molecular flexibility index (Phi) is 3.29. The lowest BCUT2D eigenvalue weighted by Crippen LogP contribution is -1.97. The highest BCUT2D eigenvalue weighted by molar-refractivity contribution is 6.28. The molecule has 0 saturated carbocycles. The van der Waals surface area contributed by atoms with E-state index in [0.29, 0.717) is 17.0 Å². The third-order valence-electron chi connectivity index (χ3n) is 4.40. The topological polar surface area (TPSA) is 38.7 Å². The Morgan fingerprint density at radius 2 is 1.17 bits per heavy atom. The van der Waals surface area contributed by atoms with Gasteiger partial charge in [-0.15, -0.1) is 0 Å². The third-order valence-corrected chi connectivity index (χ3v) is 4.56. The van der Waals surface area contributed by atoms with Crippen molar-refractivity contribution in [1.82, 2.24) is 15.0 Å². The first-order chi connectivity index (χ1) is 16.4. The summed E-state index contributed by atoms with van der Waals surface area (Å²) in [5.41, 5.74) is 1.76. The van der Waals surface area contributed by atoms with Crippen LogP contribution in [0, 0.1) is 0 Å². The molecule has 0 aliphatic rings. The average molecular weight is 399 g/mol. The van der Waals surface area contributed by atoms with Crippen LogP contribution >= 0.6 is 11.6 Å². The lowest BCUT2D eigenvalue weighted by Gasteiger charge is -2.08. The number of hydrogen-bond acceptors (Lipinski definition) is 3. The maximum Gasteiger partial charge on any atom is 0.226 e. The molecule has 5 aromatic rings. The first-order valence-corrected chi connectivity index (χ1v) is 9.31. The van der Waals surface area contributed by atoms with Gasteiger partial charge in [0, 0.05) is 11.1 Å². The number of aromatic nitrogens is 3. The van der Waals surface area contributed by atoms with Crippen LogP contribution in [0.1, 0.15) is 6.85 Å². The second-order valence-corrected chi connectivity index (χ2v) is 6.67. The quantitative estimate of drug-likeness (QED) is 0.340. The zero-order valence-electron chi connectivity index (χ0n) is 20.1. The maximum atomic E-state index is 8.74. The summed E-state index contributed by atoms with van der Waals surface area (Å²) in [5.74, 6) is 0.401. The van der Waals surface area contributed by atoms with E-state index in [-0.39, 0.29) is 63.2 Å². The zero-order valence-corrected chi connectivity index (χ0v) is 15.8. The first kappa shape index (κ1) is 12.8. The van der Waals surface area contributed by atoms with Crippen LogP contribution in [-0.4, -0.2) is 15.0 Å². The van der Waals surface area contributed by atoms with Crippen molar-refractivity contribution in [2.75, 3.05) is 0 Å². The van der Waals surface area contributed by atoms with Crippen molar-refractivity contribution < 1.29 is 6.85 Å². The molecule has 0 amide bonds. The molecule has 0 saturated heterocycles. The van der Waals surface area contributed by atoms with Gasteiger partial charge in [0.15, 0.2) is 11.6 Å². The van der Waals surface area contributed by atoms with E-state index in [1.807, 2.05) is 36.4 Å². The van der Waals surface area contributed by atoms with Gasteiger partial charge in [0.05, 0.1) is 6.85 Å². The molecule has 0 fully saturated rings. The molecule has 1 heterocycles. The molecule has 0 bridgehead atoms. The first-order valence-electron chi connectivity index (χ1n) is 11.4. The van der Waals surface area contributed by atoms with E-state index < -0.39 is 0 Å². The summed E-state index contributed by atoms with van der Waals surface area (Å²) in [4.78, 5) is 12.8. The van der Waals surface area contributed by atoms with Crippen LogP contribution < -0.4 is 0 Å². The number of halogens is 1. The van der Waals surface area contributed by atoms with Crippen molar-refractivity contribution in [3.05, 3.63) is 102 Å². The fraction of sp³-hybridized carbons (Fsp3) is 0. The number of rotatable bonds is 3. The van der Waals surface area contributed by atoms with Crippen molar-refractivity contribution in [3.63, 3.8) is 0 Å². The summed E-state index contributed by atoms with van der Waals surface area (Å²) < 4.78 is 43.2. The monoisotopic (exact) mass is 398 g/mol. The third kappa shape index (κ3) is 3.60. The maximum absolute atomic E-state index is 8.74. The Bertz CT molecular complexity index is 1560. The minimum Gasteiger partial charge on any atom is -0.208 e. The predicted octanol–water partition coefficient (Wildman–Crippen LogP) is 6.68. The van der Waals surface area contributed by atoms with Crippen molar-refractivity contribution in [2.24, 2.45) is 0 Å².